The lowest BCUT2D eigenvalue weighted by atomic mass is 10.2. The molecule has 90 valence electrons. The van der Waals surface area contributed by atoms with Crippen molar-refractivity contribution in [3.05, 3.63) is 17.5 Å². The van der Waals surface area contributed by atoms with E-state index in [0.717, 1.165) is 31.1 Å². The third-order valence-corrected chi connectivity index (χ3v) is 3.17. The normalized spacial score (nSPS) is 22.1. The zero-order valence-electron chi connectivity index (χ0n) is 10.0. The summed E-state index contributed by atoms with van der Waals surface area (Å²) in [5.74, 6) is 0.917. The van der Waals surface area contributed by atoms with Crippen molar-refractivity contribution in [1.82, 2.24) is 15.0 Å². The van der Waals surface area contributed by atoms with Crippen LogP contribution >= 0.6 is 0 Å². The van der Waals surface area contributed by atoms with E-state index in [1.165, 1.54) is 6.42 Å². The van der Waals surface area contributed by atoms with Gasteiger partial charge in [0.2, 0.25) is 0 Å². The van der Waals surface area contributed by atoms with Crippen LogP contribution in [0.15, 0.2) is 10.6 Å². The fourth-order valence-corrected chi connectivity index (χ4v) is 2.12. The van der Waals surface area contributed by atoms with Gasteiger partial charge in [-0.2, -0.15) is 0 Å². The van der Waals surface area contributed by atoms with Gasteiger partial charge in [-0.25, -0.2) is 0 Å². The van der Waals surface area contributed by atoms with Crippen LogP contribution in [0.2, 0.25) is 0 Å². The Morgan fingerprint density at radius 3 is 3.00 bits per heavy atom. The van der Waals surface area contributed by atoms with Crippen LogP contribution in [0.1, 0.15) is 17.9 Å². The molecule has 5 heteroatoms. The first-order chi connectivity index (χ1) is 7.69. The Morgan fingerprint density at radius 2 is 2.44 bits per heavy atom. The van der Waals surface area contributed by atoms with Crippen LogP contribution in [-0.2, 0) is 13.1 Å². The van der Waals surface area contributed by atoms with E-state index in [-0.39, 0.29) is 0 Å². The summed E-state index contributed by atoms with van der Waals surface area (Å²) in [7, 11) is 4.27. The summed E-state index contributed by atoms with van der Waals surface area (Å²) in [5, 5.41) is 3.89. The highest BCUT2D eigenvalue weighted by Gasteiger charge is 2.24. The summed E-state index contributed by atoms with van der Waals surface area (Å²) in [6, 6.07) is 2.61. The maximum absolute atomic E-state index is 5.49. The van der Waals surface area contributed by atoms with Gasteiger partial charge < -0.3 is 15.2 Å². The van der Waals surface area contributed by atoms with Crippen LogP contribution < -0.4 is 5.73 Å². The van der Waals surface area contributed by atoms with Crippen molar-refractivity contribution in [2.45, 2.75) is 25.6 Å². The van der Waals surface area contributed by atoms with Crippen molar-refractivity contribution in [2.24, 2.45) is 5.73 Å². The van der Waals surface area contributed by atoms with Crippen LogP contribution in [-0.4, -0.2) is 48.2 Å². The average molecular weight is 224 g/mol. The molecule has 1 aliphatic rings. The molecule has 2 N–H and O–H groups in total. The van der Waals surface area contributed by atoms with E-state index in [4.69, 9.17) is 10.3 Å². The van der Waals surface area contributed by atoms with Gasteiger partial charge in [0.1, 0.15) is 0 Å². The number of nitrogens with zero attached hydrogens (tertiary/aromatic N) is 3. The Hall–Kier alpha value is -0.910. The first-order valence-corrected chi connectivity index (χ1v) is 5.72. The summed E-state index contributed by atoms with van der Waals surface area (Å²) < 4.78 is 5.23. The summed E-state index contributed by atoms with van der Waals surface area (Å²) >= 11 is 0. The summed E-state index contributed by atoms with van der Waals surface area (Å²) in [5.41, 5.74) is 6.32. The fourth-order valence-electron chi connectivity index (χ4n) is 2.12. The van der Waals surface area contributed by atoms with Gasteiger partial charge in [-0.05, 0) is 20.5 Å². The number of hydrogen-bond acceptors (Lipinski definition) is 5. The molecule has 2 rings (SSSR count). The van der Waals surface area contributed by atoms with Gasteiger partial charge >= 0.3 is 0 Å². The monoisotopic (exact) mass is 224 g/mol. The Kier molecular flexibility index (Phi) is 3.58. The summed E-state index contributed by atoms with van der Waals surface area (Å²) in [4.78, 5) is 4.68. The molecule has 0 amide bonds. The molecule has 1 unspecified atom stereocenters. The van der Waals surface area contributed by atoms with Crippen molar-refractivity contribution in [3.8, 4) is 0 Å². The molecule has 1 aliphatic heterocycles. The smallest absolute Gasteiger partial charge is 0.151 e. The molecule has 1 atom stereocenters. The highest BCUT2D eigenvalue weighted by molar-refractivity contribution is 5.05. The summed E-state index contributed by atoms with van der Waals surface area (Å²) in [6.45, 7) is 3.52. The van der Waals surface area contributed by atoms with E-state index in [9.17, 15) is 0 Å². The Bertz CT molecular complexity index is 336. The van der Waals surface area contributed by atoms with Gasteiger partial charge in [0.15, 0.2) is 5.76 Å². The topological polar surface area (TPSA) is 58.5 Å². The zero-order valence-corrected chi connectivity index (χ0v) is 10.0. The molecule has 0 radical (unpaired) electrons. The lowest BCUT2D eigenvalue weighted by Crippen LogP contribution is -2.31. The molecule has 0 aliphatic carbocycles. The van der Waals surface area contributed by atoms with Crippen molar-refractivity contribution in [3.63, 3.8) is 0 Å². The van der Waals surface area contributed by atoms with Gasteiger partial charge in [0.25, 0.3) is 0 Å². The lowest BCUT2D eigenvalue weighted by molar-refractivity contribution is 0.241. The molecular weight excluding hydrogens is 204 g/mol. The van der Waals surface area contributed by atoms with Gasteiger partial charge in [0, 0.05) is 31.7 Å². The quantitative estimate of drug-likeness (QED) is 0.795. The van der Waals surface area contributed by atoms with Crippen molar-refractivity contribution in [2.75, 3.05) is 27.2 Å². The molecule has 0 bridgehead atoms. The molecule has 0 saturated carbocycles. The van der Waals surface area contributed by atoms with E-state index in [0.29, 0.717) is 12.6 Å². The second-order valence-corrected chi connectivity index (χ2v) is 4.63. The molecule has 2 heterocycles. The average Bonchev–Trinajstić information content (AvgIpc) is 2.87. The van der Waals surface area contributed by atoms with Gasteiger partial charge in [0.05, 0.1) is 12.2 Å². The van der Waals surface area contributed by atoms with Crippen molar-refractivity contribution in [1.29, 1.82) is 0 Å². The minimum atomic E-state index is 0.448. The van der Waals surface area contributed by atoms with E-state index < -0.39 is 0 Å². The molecule has 1 fully saturated rings. The third-order valence-electron chi connectivity index (χ3n) is 3.17. The minimum Gasteiger partial charge on any atom is -0.360 e. The van der Waals surface area contributed by atoms with Gasteiger partial charge in [-0.15, -0.1) is 0 Å². The molecule has 0 spiro atoms. The van der Waals surface area contributed by atoms with Crippen LogP contribution in [0.4, 0.5) is 0 Å². The van der Waals surface area contributed by atoms with Gasteiger partial charge in [-0.1, -0.05) is 5.16 Å². The highest BCUT2D eigenvalue weighted by Crippen LogP contribution is 2.16. The predicted octanol–water partition coefficient (Wildman–Crippen LogP) is 0.269. The predicted molar refractivity (Wildman–Crippen MR) is 61.8 cm³/mol. The molecule has 1 saturated heterocycles. The molecule has 1 aromatic heterocycles. The largest absolute Gasteiger partial charge is 0.360 e. The molecular formula is C11H20N4O. The Morgan fingerprint density at radius 1 is 1.62 bits per heavy atom. The molecule has 0 aromatic carbocycles. The Balaban J connectivity index is 1.87. The Labute approximate surface area is 96.2 Å². The van der Waals surface area contributed by atoms with Crippen LogP contribution in [0.25, 0.3) is 0 Å². The first kappa shape index (κ1) is 11.6. The fraction of sp³-hybridized carbons (Fsp3) is 0.727. The minimum absolute atomic E-state index is 0.448. The van der Waals surface area contributed by atoms with Crippen molar-refractivity contribution < 1.29 is 4.52 Å². The highest BCUT2D eigenvalue weighted by atomic mass is 16.5. The number of likely N-dealkylation sites (tertiary alicyclic amines) is 1. The summed E-state index contributed by atoms with van der Waals surface area (Å²) in [6.07, 6.45) is 1.23. The maximum Gasteiger partial charge on any atom is 0.151 e. The lowest BCUT2D eigenvalue weighted by Gasteiger charge is -2.19. The third kappa shape index (κ3) is 2.61. The van der Waals surface area contributed by atoms with Crippen LogP contribution in [0.3, 0.4) is 0 Å². The van der Waals surface area contributed by atoms with E-state index >= 15 is 0 Å². The molecule has 16 heavy (non-hydrogen) atoms. The van der Waals surface area contributed by atoms with E-state index in [1.807, 2.05) is 6.07 Å². The van der Waals surface area contributed by atoms with Crippen LogP contribution in [0.5, 0.6) is 0 Å². The van der Waals surface area contributed by atoms with E-state index in [2.05, 4.69) is 29.1 Å². The second-order valence-electron chi connectivity index (χ2n) is 4.63. The molecule has 1 aromatic rings. The second kappa shape index (κ2) is 4.95. The number of likely N-dealkylation sites (N-methyl/N-ethyl adjacent to an activating group) is 1. The van der Waals surface area contributed by atoms with Crippen molar-refractivity contribution >= 4 is 0 Å². The number of hydrogen-bond donors (Lipinski definition) is 1. The number of aromatic nitrogens is 1. The molecule has 5 nitrogen and oxygen atoms in total. The SMILES string of the molecule is CN(C)C1CCN(Cc2cc(CN)no2)C1. The van der Waals surface area contributed by atoms with E-state index in [1.54, 1.807) is 0 Å². The standard InChI is InChI=1S/C11H20N4O/c1-14(2)10-3-4-15(7-10)8-11-5-9(6-12)13-16-11/h5,10H,3-4,6-8,12H2,1-2H3. The zero-order chi connectivity index (χ0) is 11.5. The van der Waals surface area contributed by atoms with Gasteiger partial charge in [-0.3, -0.25) is 4.90 Å². The number of rotatable bonds is 4. The first-order valence-electron chi connectivity index (χ1n) is 5.72. The number of nitrogens with two attached hydrogens (primary N) is 1. The maximum atomic E-state index is 5.49. The van der Waals surface area contributed by atoms with Crippen LogP contribution in [0, 0.1) is 0 Å².